The largest absolute Gasteiger partial charge is 0.480 e. The lowest BCUT2D eigenvalue weighted by atomic mass is 9.95. The third-order valence-electron chi connectivity index (χ3n) is 4.82. The number of nitrogens with zero attached hydrogens (tertiary/aromatic N) is 2. The summed E-state index contributed by atoms with van der Waals surface area (Å²) in [5.74, 6) is -0.759. The SMILES string of the molecule is CC1CN([C@@H](c2ccccc2)c2ccccc2Br)CCN1CC(=O)O. The summed E-state index contributed by atoms with van der Waals surface area (Å²) in [7, 11) is 0. The summed E-state index contributed by atoms with van der Waals surface area (Å²) in [6.07, 6.45) is 0. The Balaban J connectivity index is 1.89. The highest BCUT2D eigenvalue weighted by Crippen LogP contribution is 2.34. The van der Waals surface area contributed by atoms with Crippen LogP contribution < -0.4 is 0 Å². The van der Waals surface area contributed by atoms with Gasteiger partial charge in [0.2, 0.25) is 0 Å². The number of hydrogen-bond donors (Lipinski definition) is 1. The average molecular weight is 403 g/mol. The van der Waals surface area contributed by atoms with Crippen LogP contribution in [0.4, 0.5) is 0 Å². The fourth-order valence-electron chi connectivity index (χ4n) is 3.59. The summed E-state index contributed by atoms with van der Waals surface area (Å²) in [6, 6.07) is 19.2. The molecule has 0 saturated carbocycles. The van der Waals surface area contributed by atoms with Crippen LogP contribution in [0.2, 0.25) is 0 Å². The molecule has 0 bridgehead atoms. The Hall–Kier alpha value is -1.69. The molecule has 0 aromatic heterocycles. The zero-order valence-corrected chi connectivity index (χ0v) is 15.9. The van der Waals surface area contributed by atoms with Gasteiger partial charge in [0.25, 0.3) is 0 Å². The second-order valence-electron chi connectivity index (χ2n) is 6.54. The molecule has 2 aromatic carbocycles. The van der Waals surface area contributed by atoms with Crippen LogP contribution in [0.25, 0.3) is 0 Å². The minimum atomic E-state index is -0.759. The zero-order chi connectivity index (χ0) is 17.8. The highest BCUT2D eigenvalue weighted by molar-refractivity contribution is 9.10. The smallest absolute Gasteiger partial charge is 0.317 e. The third kappa shape index (κ3) is 4.29. The molecule has 1 unspecified atom stereocenters. The van der Waals surface area contributed by atoms with E-state index in [9.17, 15) is 4.79 Å². The van der Waals surface area contributed by atoms with Crippen molar-refractivity contribution in [2.24, 2.45) is 0 Å². The fourth-order valence-corrected chi connectivity index (χ4v) is 4.09. The van der Waals surface area contributed by atoms with Crippen LogP contribution in [0, 0.1) is 0 Å². The molecular weight excluding hydrogens is 380 g/mol. The maximum atomic E-state index is 11.1. The standard InChI is InChI=1S/C20H23BrN2O2/c1-15-13-23(12-11-22(15)14-19(24)25)20(16-7-3-2-4-8-16)17-9-5-6-10-18(17)21/h2-10,15,20H,11-14H2,1H3,(H,24,25)/t15?,20-/m0/s1. The van der Waals surface area contributed by atoms with Crippen molar-refractivity contribution in [3.05, 3.63) is 70.2 Å². The van der Waals surface area contributed by atoms with Gasteiger partial charge >= 0.3 is 5.97 Å². The predicted molar refractivity (Wildman–Crippen MR) is 103 cm³/mol. The lowest BCUT2D eigenvalue weighted by Crippen LogP contribution is -2.54. The van der Waals surface area contributed by atoms with Gasteiger partial charge in [0.15, 0.2) is 0 Å². The summed E-state index contributed by atoms with van der Waals surface area (Å²) in [4.78, 5) is 15.6. The van der Waals surface area contributed by atoms with Crippen LogP contribution in [0.3, 0.4) is 0 Å². The molecule has 0 spiro atoms. The van der Waals surface area contributed by atoms with Crippen molar-refractivity contribution in [3.63, 3.8) is 0 Å². The van der Waals surface area contributed by atoms with Crippen molar-refractivity contribution in [3.8, 4) is 0 Å². The Kier molecular flexibility index (Phi) is 5.89. The van der Waals surface area contributed by atoms with Gasteiger partial charge in [0.1, 0.15) is 0 Å². The molecule has 1 N–H and O–H groups in total. The Bertz CT molecular complexity index is 723. The maximum Gasteiger partial charge on any atom is 0.317 e. The molecule has 2 aromatic rings. The molecule has 132 valence electrons. The van der Waals surface area contributed by atoms with E-state index in [4.69, 9.17) is 5.11 Å². The number of carboxylic acids is 1. The molecule has 1 saturated heterocycles. The quantitative estimate of drug-likeness (QED) is 0.828. The van der Waals surface area contributed by atoms with Crippen LogP contribution in [-0.2, 0) is 4.79 Å². The van der Waals surface area contributed by atoms with E-state index in [0.29, 0.717) is 0 Å². The minimum absolute atomic E-state index is 0.111. The number of carbonyl (C=O) groups is 1. The molecule has 1 aliphatic rings. The van der Waals surface area contributed by atoms with Gasteiger partial charge in [-0.15, -0.1) is 0 Å². The molecule has 4 nitrogen and oxygen atoms in total. The monoisotopic (exact) mass is 402 g/mol. The third-order valence-corrected chi connectivity index (χ3v) is 5.54. The molecule has 1 fully saturated rings. The Morgan fingerprint density at radius 2 is 1.84 bits per heavy atom. The van der Waals surface area contributed by atoms with Crippen molar-refractivity contribution >= 4 is 21.9 Å². The van der Waals surface area contributed by atoms with Gasteiger partial charge in [-0.2, -0.15) is 0 Å². The summed E-state index contributed by atoms with van der Waals surface area (Å²) < 4.78 is 1.10. The molecule has 2 atom stereocenters. The van der Waals surface area contributed by atoms with Crippen LogP contribution >= 0.6 is 15.9 Å². The van der Waals surface area contributed by atoms with Crippen molar-refractivity contribution in [2.45, 2.75) is 19.0 Å². The van der Waals surface area contributed by atoms with Crippen molar-refractivity contribution in [1.29, 1.82) is 0 Å². The van der Waals surface area contributed by atoms with E-state index in [1.54, 1.807) is 0 Å². The number of hydrogen-bond acceptors (Lipinski definition) is 3. The molecule has 0 aliphatic carbocycles. The maximum absolute atomic E-state index is 11.1. The van der Waals surface area contributed by atoms with Crippen LogP contribution in [0.1, 0.15) is 24.1 Å². The van der Waals surface area contributed by atoms with Gasteiger partial charge in [0.05, 0.1) is 12.6 Å². The summed E-state index contributed by atoms with van der Waals surface area (Å²) >= 11 is 3.71. The first-order valence-corrected chi connectivity index (χ1v) is 9.35. The highest BCUT2D eigenvalue weighted by atomic mass is 79.9. The number of piperazine rings is 1. The summed E-state index contributed by atoms with van der Waals surface area (Å²) in [5.41, 5.74) is 2.50. The van der Waals surface area contributed by atoms with E-state index in [-0.39, 0.29) is 18.6 Å². The lowest BCUT2D eigenvalue weighted by Gasteiger charge is -2.43. The predicted octanol–water partition coefficient (Wildman–Crippen LogP) is 3.63. The summed E-state index contributed by atoms with van der Waals surface area (Å²) in [6.45, 7) is 4.67. The molecule has 3 rings (SSSR count). The van der Waals surface area contributed by atoms with Gasteiger partial charge in [-0.25, -0.2) is 0 Å². The van der Waals surface area contributed by atoms with E-state index in [1.807, 2.05) is 17.0 Å². The van der Waals surface area contributed by atoms with Gasteiger partial charge in [-0.05, 0) is 24.1 Å². The molecule has 0 radical (unpaired) electrons. The van der Waals surface area contributed by atoms with E-state index in [0.717, 1.165) is 24.1 Å². The molecule has 1 heterocycles. The van der Waals surface area contributed by atoms with Crippen LogP contribution in [0.5, 0.6) is 0 Å². The van der Waals surface area contributed by atoms with Crippen LogP contribution in [-0.4, -0.2) is 53.1 Å². The minimum Gasteiger partial charge on any atom is -0.480 e. The average Bonchev–Trinajstić information content (AvgIpc) is 2.60. The van der Waals surface area contributed by atoms with Gasteiger partial charge in [-0.3, -0.25) is 14.6 Å². The molecule has 5 heteroatoms. The molecule has 0 amide bonds. The second-order valence-corrected chi connectivity index (χ2v) is 7.40. The number of rotatable bonds is 5. The first-order chi connectivity index (χ1) is 12.1. The zero-order valence-electron chi connectivity index (χ0n) is 14.3. The molecule has 25 heavy (non-hydrogen) atoms. The summed E-state index contributed by atoms with van der Waals surface area (Å²) in [5, 5.41) is 9.09. The topological polar surface area (TPSA) is 43.8 Å². The number of halogens is 1. The lowest BCUT2D eigenvalue weighted by molar-refractivity contribution is -0.139. The first kappa shape index (κ1) is 18.1. The van der Waals surface area contributed by atoms with Gasteiger partial charge in [-0.1, -0.05) is 64.5 Å². The highest BCUT2D eigenvalue weighted by Gasteiger charge is 2.31. The van der Waals surface area contributed by atoms with Crippen molar-refractivity contribution in [1.82, 2.24) is 9.80 Å². The van der Waals surface area contributed by atoms with E-state index >= 15 is 0 Å². The number of carboxylic acid groups (broad SMARTS) is 1. The fraction of sp³-hybridized carbons (Fsp3) is 0.350. The Morgan fingerprint density at radius 1 is 1.16 bits per heavy atom. The number of aliphatic carboxylic acids is 1. The number of benzene rings is 2. The Morgan fingerprint density at radius 3 is 2.48 bits per heavy atom. The normalized spacial score (nSPS) is 20.3. The van der Waals surface area contributed by atoms with E-state index < -0.39 is 5.97 Å². The van der Waals surface area contributed by atoms with E-state index in [2.05, 4.69) is 70.2 Å². The van der Waals surface area contributed by atoms with Crippen molar-refractivity contribution in [2.75, 3.05) is 26.2 Å². The van der Waals surface area contributed by atoms with Gasteiger partial charge < -0.3 is 5.11 Å². The Labute approximate surface area is 157 Å². The van der Waals surface area contributed by atoms with E-state index in [1.165, 1.54) is 11.1 Å². The van der Waals surface area contributed by atoms with Crippen LogP contribution in [0.15, 0.2) is 59.1 Å². The molecule has 1 aliphatic heterocycles. The van der Waals surface area contributed by atoms with Gasteiger partial charge in [0, 0.05) is 30.1 Å². The first-order valence-electron chi connectivity index (χ1n) is 8.55. The second kappa shape index (κ2) is 8.13. The molecular formula is C20H23BrN2O2. The van der Waals surface area contributed by atoms with Crippen molar-refractivity contribution < 1.29 is 9.90 Å².